The fraction of sp³-hybridized carbons (Fsp3) is 1.00. The third kappa shape index (κ3) is 3.85. The molecule has 0 aliphatic rings. The Balaban J connectivity index is 3.90. The van der Waals surface area contributed by atoms with Gasteiger partial charge in [0.2, 0.25) is 10.0 Å². The molecule has 1 radical (unpaired) electrons. The molecule has 61 valence electrons. The second-order valence-corrected chi connectivity index (χ2v) is 4.31. The van der Waals surface area contributed by atoms with Gasteiger partial charge in [0.25, 0.3) is 0 Å². The molecule has 0 saturated carbocycles. The summed E-state index contributed by atoms with van der Waals surface area (Å²) in [5, 5.41) is 0. The normalized spacial score (nSPS) is 15.1. The number of hydrogen-bond acceptors (Lipinski definition) is 2. The summed E-state index contributed by atoms with van der Waals surface area (Å²) in [6.45, 7) is 3.87. The third-order valence-corrected chi connectivity index (χ3v) is 3.02. The molecule has 0 N–H and O–H groups in total. The van der Waals surface area contributed by atoms with Crippen LogP contribution in [0.3, 0.4) is 0 Å². The van der Waals surface area contributed by atoms with Crippen LogP contribution in [-0.2, 0) is 10.0 Å². The van der Waals surface area contributed by atoms with Crippen molar-refractivity contribution in [2.75, 3.05) is 12.8 Å². The molecule has 0 saturated heterocycles. The molecule has 10 heavy (non-hydrogen) atoms. The van der Waals surface area contributed by atoms with Gasteiger partial charge in [0.05, 0.1) is 5.75 Å². The summed E-state index contributed by atoms with van der Waals surface area (Å²) in [4.78, 5) is 0. The Kier molecular flexibility index (Phi) is 3.89. The van der Waals surface area contributed by atoms with Gasteiger partial charge in [-0.2, -0.15) is 0 Å². The molecule has 1 unspecified atom stereocenters. The lowest BCUT2D eigenvalue weighted by Crippen LogP contribution is -2.20. The molecule has 0 spiro atoms. The standard InChI is InChI=1S/C6H14NO2S/c1-4-6(2)5-10(8,9)7-3/h6H,4-5H2,1-3H3. The first kappa shape index (κ1) is 9.91. The summed E-state index contributed by atoms with van der Waals surface area (Å²) in [5.74, 6) is 0.397. The van der Waals surface area contributed by atoms with Gasteiger partial charge in [-0.3, -0.25) is 0 Å². The van der Waals surface area contributed by atoms with Crippen molar-refractivity contribution in [2.45, 2.75) is 20.3 Å². The average molecular weight is 164 g/mol. The zero-order valence-electron chi connectivity index (χ0n) is 6.66. The van der Waals surface area contributed by atoms with E-state index in [9.17, 15) is 8.42 Å². The highest BCUT2D eigenvalue weighted by Gasteiger charge is 2.12. The summed E-state index contributed by atoms with van der Waals surface area (Å²) in [7, 11) is -1.79. The second kappa shape index (κ2) is 3.93. The van der Waals surface area contributed by atoms with Gasteiger partial charge >= 0.3 is 0 Å². The first-order valence-electron chi connectivity index (χ1n) is 3.35. The minimum Gasteiger partial charge on any atom is -0.211 e. The minimum atomic E-state index is -3.11. The lowest BCUT2D eigenvalue weighted by atomic mass is 10.2. The van der Waals surface area contributed by atoms with Crippen molar-refractivity contribution in [2.24, 2.45) is 5.92 Å². The van der Waals surface area contributed by atoms with Gasteiger partial charge in [0.15, 0.2) is 0 Å². The van der Waals surface area contributed by atoms with Gasteiger partial charge < -0.3 is 0 Å². The van der Waals surface area contributed by atoms with Gasteiger partial charge in [-0.25, -0.2) is 8.42 Å². The fourth-order valence-corrected chi connectivity index (χ4v) is 1.66. The highest BCUT2D eigenvalue weighted by Crippen LogP contribution is 2.03. The van der Waals surface area contributed by atoms with E-state index in [1.54, 1.807) is 0 Å². The fourth-order valence-electron chi connectivity index (χ4n) is 0.552. The predicted octanol–water partition coefficient (Wildman–Crippen LogP) is 0.597. The topological polar surface area (TPSA) is 48.2 Å². The summed E-state index contributed by atoms with van der Waals surface area (Å²) in [5.41, 5.74) is 0. The molecule has 0 amide bonds. The molecule has 1 atom stereocenters. The lowest BCUT2D eigenvalue weighted by molar-refractivity contribution is 0.556. The van der Waals surface area contributed by atoms with Crippen molar-refractivity contribution in [1.82, 2.24) is 4.72 Å². The number of sulfonamides is 1. The van der Waals surface area contributed by atoms with Crippen molar-refractivity contribution in [1.29, 1.82) is 0 Å². The molecule has 0 aliphatic carbocycles. The van der Waals surface area contributed by atoms with Crippen molar-refractivity contribution in [3.05, 3.63) is 0 Å². The molecule has 0 fully saturated rings. The van der Waals surface area contributed by atoms with E-state index < -0.39 is 10.0 Å². The number of hydrogen-bond donors (Lipinski definition) is 0. The predicted molar refractivity (Wildman–Crippen MR) is 41.3 cm³/mol. The van der Waals surface area contributed by atoms with Crippen molar-refractivity contribution in [3.8, 4) is 0 Å². The first-order chi connectivity index (χ1) is 4.52. The second-order valence-electron chi connectivity index (χ2n) is 2.44. The van der Waals surface area contributed by atoms with Crippen LogP contribution in [0.4, 0.5) is 0 Å². The van der Waals surface area contributed by atoms with Crippen molar-refractivity contribution in [3.63, 3.8) is 0 Å². The highest BCUT2D eigenvalue weighted by molar-refractivity contribution is 7.89. The van der Waals surface area contributed by atoms with Crippen LogP contribution in [0.2, 0.25) is 0 Å². The van der Waals surface area contributed by atoms with Gasteiger partial charge in [-0.1, -0.05) is 20.3 Å². The summed E-state index contributed by atoms with van der Waals surface area (Å²) < 4.78 is 24.9. The maximum Gasteiger partial charge on any atom is 0.227 e. The number of nitrogens with zero attached hydrogens (tertiary/aromatic N) is 1. The number of rotatable bonds is 4. The van der Waals surface area contributed by atoms with Crippen LogP contribution >= 0.6 is 0 Å². The van der Waals surface area contributed by atoms with Crippen LogP contribution < -0.4 is 4.72 Å². The smallest absolute Gasteiger partial charge is 0.211 e. The molecule has 0 rings (SSSR count). The molecule has 0 aliphatic heterocycles. The van der Waals surface area contributed by atoms with Gasteiger partial charge in [-0.05, 0) is 5.92 Å². The van der Waals surface area contributed by atoms with E-state index in [1.807, 2.05) is 13.8 Å². The Hall–Kier alpha value is -0.0900. The lowest BCUT2D eigenvalue weighted by Gasteiger charge is -2.05. The van der Waals surface area contributed by atoms with Crippen LogP contribution in [0.1, 0.15) is 20.3 Å². The van der Waals surface area contributed by atoms with E-state index in [1.165, 1.54) is 7.05 Å². The van der Waals surface area contributed by atoms with Crippen LogP contribution in [0.5, 0.6) is 0 Å². The quantitative estimate of drug-likeness (QED) is 0.610. The van der Waals surface area contributed by atoms with Gasteiger partial charge in [0, 0.05) is 7.05 Å². The highest BCUT2D eigenvalue weighted by atomic mass is 32.2. The third-order valence-electron chi connectivity index (χ3n) is 1.47. The molecule has 0 bridgehead atoms. The van der Waals surface area contributed by atoms with Crippen molar-refractivity contribution >= 4 is 10.0 Å². The SMILES string of the molecule is CCC(C)CS(=O)(=O)[N]C. The van der Waals surface area contributed by atoms with Crippen LogP contribution in [0.15, 0.2) is 0 Å². The van der Waals surface area contributed by atoms with E-state index in [0.717, 1.165) is 6.42 Å². The maximum absolute atomic E-state index is 10.8. The van der Waals surface area contributed by atoms with Crippen LogP contribution in [0, 0.1) is 5.92 Å². The molecular weight excluding hydrogens is 150 g/mol. The first-order valence-corrected chi connectivity index (χ1v) is 4.96. The van der Waals surface area contributed by atoms with Gasteiger partial charge in [-0.15, -0.1) is 4.72 Å². The maximum atomic E-state index is 10.8. The molecule has 4 heteroatoms. The van der Waals surface area contributed by atoms with E-state index in [4.69, 9.17) is 0 Å². The molecule has 0 heterocycles. The van der Waals surface area contributed by atoms with Gasteiger partial charge in [0.1, 0.15) is 0 Å². The largest absolute Gasteiger partial charge is 0.227 e. The Morgan fingerprint density at radius 1 is 1.50 bits per heavy atom. The van der Waals surface area contributed by atoms with E-state index >= 15 is 0 Å². The summed E-state index contributed by atoms with van der Waals surface area (Å²) in [6.07, 6.45) is 0.884. The van der Waals surface area contributed by atoms with Crippen molar-refractivity contribution < 1.29 is 8.42 Å². The average Bonchev–Trinajstić information content (AvgIpc) is 1.87. The molecule has 3 nitrogen and oxygen atoms in total. The molecule has 0 aromatic rings. The molecule has 0 aromatic carbocycles. The molecule has 0 aromatic heterocycles. The Bertz CT molecular complexity index is 174. The minimum absolute atomic E-state index is 0.181. The zero-order chi connectivity index (χ0) is 8.20. The summed E-state index contributed by atoms with van der Waals surface area (Å²) >= 11 is 0. The van der Waals surface area contributed by atoms with E-state index in [2.05, 4.69) is 4.72 Å². The summed E-state index contributed by atoms with van der Waals surface area (Å²) in [6, 6.07) is 0. The Morgan fingerprint density at radius 3 is 2.30 bits per heavy atom. The van der Waals surface area contributed by atoms with Crippen LogP contribution in [-0.4, -0.2) is 21.2 Å². The van der Waals surface area contributed by atoms with E-state index in [-0.39, 0.29) is 11.7 Å². The Labute approximate surface area is 62.9 Å². The van der Waals surface area contributed by atoms with E-state index in [0.29, 0.717) is 0 Å². The monoisotopic (exact) mass is 164 g/mol. The zero-order valence-corrected chi connectivity index (χ0v) is 7.48. The molecular formula is C6H14NO2S. The van der Waals surface area contributed by atoms with Crippen LogP contribution in [0.25, 0.3) is 0 Å². The Morgan fingerprint density at radius 2 is 2.00 bits per heavy atom.